The molecule has 3 N–H and O–H groups in total. The molecule has 2 aromatic rings. The van der Waals surface area contributed by atoms with Crippen molar-refractivity contribution < 1.29 is 5.21 Å². The van der Waals surface area contributed by atoms with Gasteiger partial charge in [0, 0.05) is 24.5 Å². The summed E-state index contributed by atoms with van der Waals surface area (Å²) in [6.45, 7) is 2.04. The number of imidazole rings is 1. The second-order valence-corrected chi connectivity index (χ2v) is 4.87. The Morgan fingerprint density at radius 3 is 3.10 bits per heavy atom. The Kier molecular flexibility index (Phi) is 3.14. The Balaban J connectivity index is 2.23. The van der Waals surface area contributed by atoms with Gasteiger partial charge in [-0.25, -0.2) is 9.97 Å². The summed E-state index contributed by atoms with van der Waals surface area (Å²) in [5.74, 6) is 1.68. The Hall–Kier alpha value is -2.37. The lowest BCUT2D eigenvalue weighted by atomic mass is 10.1. The first kappa shape index (κ1) is 12.7. The van der Waals surface area contributed by atoms with E-state index in [1.807, 2.05) is 23.8 Å². The van der Waals surface area contributed by atoms with Crippen molar-refractivity contribution in [1.82, 2.24) is 14.5 Å². The first-order chi connectivity index (χ1) is 9.74. The van der Waals surface area contributed by atoms with Crippen LogP contribution in [0.3, 0.4) is 0 Å². The van der Waals surface area contributed by atoms with Gasteiger partial charge in [-0.3, -0.25) is 4.57 Å². The van der Waals surface area contributed by atoms with Crippen LogP contribution in [0.15, 0.2) is 23.6 Å². The molecule has 1 aliphatic rings. The standard InChI is InChI=1S/C14H17N5O/c1-2-12-16-6-7-19(12)14-10(13(15)18-20)8-9-4-3-5-11(9)17-14/h6-8,20H,2-5H2,1H3,(H2,15,18). The molecule has 0 unspecified atom stereocenters. The van der Waals surface area contributed by atoms with Gasteiger partial charge in [0.25, 0.3) is 0 Å². The fourth-order valence-electron chi connectivity index (χ4n) is 2.68. The van der Waals surface area contributed by atoms with Crippen LogP contribution in [0.25, 0.3) is 5.82 Å². The highest BCUT2D eigenvalue weighted by molar-refractivity contribution is 6.00. The number of nitrogens with zero attached hydrogens (tertiary/aromatic N) is 4. The summed E-state index contributed by atoms with van der Waals surface area (Å²) in [6.07, 6.45) is 7.47. The molecule has 2 heterocycles. The molecule has 20 heavy (non-hydrogen) atoms. The number of amidine groups is 1. The summed E-state index contributed by atoms with van der Waals surface area (Å²) in [6, 6.07) is 1.99. The number of rotatable bonds is 3. The normalized spacial score (nSPS) is 14.6. The molecule has 2 aromatic heterocycles. The number of hydrogen-bond acceptors (Lipinski definition) is 4. The van der Waals surface area contributed by atoms with Crippen molar-refractivity contribution in [3.8, 4) is 5.82 Å². The molecular weight excluding hydrogens is 254 g/mol. The maximum absolute atomic E-state index is 9.00. The zero-order valence-electron chi connectivity index (χ0n) is 11.4. The molecule has 0 aliphatic heterocycles. The molecule has 1 aliphatic carbocycles. The highest BCUT2D eigenvalue weighted by atomic mass is 16.4. The van der Waals surface area contributed by atoms with Crippen LogP contribution in [0.1, 0.15) is 36.0 Å². The average molecular weight is 271 g/mol. The Morgan fingerprint density at radius 2 is 2.35 bits per heavy atom. The maximum Gasteiger partial charge on any atom is 0.173 e. The fraction of sp³-hybridized carbons (Fsp3) is 0.357. The van der Waals surface area contributed by atoms with Crippen LogP contribution in [0.5, 0.6) is 0 Å². The molecule has 0 bridgehead atoms. The van der Waals surface area contributed by atoms with Crippen LogP contribution in [-0.2, 0) is 19.3 Å². The third-order valence-electron chi connectivity index (χ3n) is 3.68. The summed E-state index contributed by atoms with van der Waals surface area (Å²) in [5.41, 5.74) is 8.76. The van der Waals surface area contributed by atoms with Gasteiger partial charge in [-0.15, -0.1) is 0 Å². The average Bonchev–Trinajstić information content (AvgIpc) is 3.12. The molecule has 0 atom stereocenters. The van der Waals surface area contributed by atoms with E-state index in [0.29, 0.717) is 11.4 Å². The van der Waals surface area contributed by atoms with Gasteiger partial charge in [0.1, 0.15) is 11.6 Å². The number of pyridine rings is 1. The van der Waals surface area contributed by atoms with Gasteiger partial charge in [-0.05, 0) is 30.9 Å². The van der Waals surface area contributed by atoms with Crippen molar-refractivity contribution in [3.63, 3.8) is 0 Å². The fourth-order valence-corrected chi connectivity index (χ4v) is 2.68. The summed E-state index contributed by atoms with van der Waals surface area (Å²) < 4.78 is 1.91. The number of fused-ring (bicyclic) bond motifs is 1. The van der Waals surface area contributed by atoms with Crippen molar-refractivity contribution in [1.29, 1.82) is 0 Å². The second kappa shape index (κ2) is 4.96. The zero-order chi connectivity index (χ0) is 14.1. The molecule has 104 valence electrons. The van der Waals surface area contributed by atoms with Gasteiger partial charge < -0.3 is 10.9 Å². The minimum Gasteiger partial charge on any atom is -0.409 e. The van der Waals surface area contributed by atoms with Crippen molar-refractivity contribution >= 4 is 5.84 Å². The first-order valence-electron chi connectivity index (χ1n) is 6.78. The number of aromatic nitrogens is 3. The van der Waals surface area contributed by atoms with E-state index in [1.54, 1.807) is 6.20 Å². The van der Waals surface area contributed by atoms with Gasteiger partial charge in [0.15, 0.2) is 5.84 Å². The Labute approximate surface area is 117 Å². The van der Waals surface area contributed by atoms with Crippen LogP contribution in [0.2, 0.25) is 0 Å². The van der Waals surface area contributed by atoms with E-state index < -0.39 is 0 Å². The van der Waals surface area contributed by atoms with E-state index in [4.69, 9.17) is 15.9 Å². The van der Waals surface area contributed by atoms with Crippen LogP contribution < -0.4 is 5.73 Å². The summed E-state index contributed by atoms with van der Waals surface area (Å²) in [4.78, 5) is 9.04. The molecule has 0 saturated heterocycles. The summed E-state index contributed by atoms with van der Waals surface area (Å²) >= 11 is 0. The first-order valence-corrected chi connectivity index (χ1v) is 6.78. The minimum atomic E-state index is 0.0814. The summed E-state index contributed by atoms with van der Waals surface area (Å²) in [5, 5.41) is 12.1. The lowest BCUT2D eigenvalue weighted by Gasteiger charge is -2.13. The van der Waals surface area contributed by atoms with Crippen molar-refractivity contribution in [2.24, 2.45) is 10.9 Å². The van der Waals surface area contributed by atoms with Crippen molar-refractivity contribution in [2.75, 3.05) is 0 Å². The monoisotopic (exact) mass is 271 g/mol. The predicted molar refractivity (Wildman–Crippen MR) is 75.3 cm³/mol. The Morgan fingerprint density at radius 1 is 1.50 bits per heavy atom. The van der Waals surface area contributed by atoms with E-state index in [1.165, 1.54) is 5.56 Å². The van der Waals surface area contributed by atoms with E-state index in [-0.39, 0.29) is 5.84 Å². The molecule has 0 radical (unpaired) electrons. The molecule has 0 amide bonds. The third kappa shape index (κ3) is 1.93. The molecule has 0 saturated carbocycles. The molecule has 6 nitrogen and oxygen atoms in total. The van der Waals surface area contributed by atoms with E-state index in [9.17, 15) is 0 Å². The minimum absolute atomic E-state index is 0.0814. The summed E-state index contributed by atoms with van der Waals surface area (Å²) in [7, 11) is 0. The van der Waals surface area contributed by atoms with Gasteiger partial charge in [0.05, 0.1) is 5.56 Å². The Bertz CT molecular complexity index is 674. The van der Waals surface area contributed by atoms with E-state index in [0.717, 1.165) is 37.2 Å². The zero-order valence-corrected chi connectivity index (χ0v) is 11.4. The van der Waals surface area contributed by atoms with Gasteiger partial charge in [-0.2, -0.15) is 0 Å². The topological polar surface area (TPSA) is 89.3 Å². The predicted octanol–water partition coefficient (Wildman–Crippen LogP) is 1.41. The number of oxime groups is 1. The highest BCUT2D eigenvalue weighted by Gasteiger charge is 2.20. The van der Waals surface area contributed by atoms with Crippen LogP contribution in [0.4, 0.5) is 0 Å². The van der Waals surface area contributed by atoms with Crippen molar-refractivity contribution in [3.05, 3.63) is 41.1 Å². The SMILES string of the molecule is CCc1nccn1-c1nc2c(cc1C(N)=NO)CCC2. The maximum atomic E-state index is 9.00. The molecule has 6 heteroatoms. The third-order valence-corrected chi connectivity index (χ3v) is 3.68. The van der Waals surface area contributed by atoms with E-state index in [2.05, 4.69) is 10.1 Å². The largest absolute Gasteiger partial charge is 0.409 e. The molecule has 0 spiro atoms. The lowest BCUT2D eigenvalue weighted by molar-refractivity contribution is 0.318. The van der Waals surface area contributed by atoms with Gasteiger partial charge >= 0.3 is 0 Å². The van der Waals surface area contributed by atoms with Crippen molar-refractivity contribution in [2.45, 2.75) is 32.6 Å². The van der Waals surface area contributed by atoms with Crippen LogP contribution in [0, 0.1) is 0 Å². The quantitative estimate of drug-likeness (QED) is 0.382. The van der Waals surface area contributed by atoms with Gasteiger partial charge in [-0.1, -0.05) is 12.1 Å². The number of aryl methyl sites for hydroxylation is 3. The molecule has 3 rings (SSSR count). The van der Waals surface area contributed by atoms with Crippen LogP contribution in [-0.4, -0.2) is 25.6 Å². The van der Waals surface area contributed by atoms with Crippen LogP contribution >= 0.6 is 0 Å². The van der Waals surface area contributed by atoms with Gasteiger partial charge in [0.2, 0.25) is 0 Å². The number of nitrogens with two attached hydrogens (primary N) is 1. The highest BCUT2D eigenvalue weighted by Crippen LogP contribution is 2.25. The smallest absolute Gasteiger partial charge is 0.173 e. The number of hydrogen-bond donors (Lipinski definition) is 2. The molecule has 0 aromatic carbocycles. The molecular formula is C14H17N5O. The lowest BCUT2D eigenvalue weighted by Crippen LogP contribution is -2.19. The van der Waals surface area contributed by atoms with E-state index >= 15 is 0 Å². The molecule has 0 fully saturated rings. The second-order valence-electron chi connectivity index (χ2n) is 4.87.